The molecule has 0 aromatic heterocycles. The lowest BCUT2D eigenvalue weighted by molar-refractivity contribution is 0.396. The first-order chi connectivity index (χ1) is 9.49. The number of aromatic hydroxyl groups is 1. The highest BCUT2D eigenvalue weighted by atomic mass is 16.3. The van der Waals surface area contributed by atoms with E-state index in [1.807, 2.05) is 30.3 Å². The van der Waals surface area contributed by atoms with Crippen molar-refractivity contribution in [3.8, 4) is 5.75 Å². The van der Waals surface area contributed by atoms with E-state index in [1.54, 1.807) is 0 Å². The van der Waals surface area contributed by atoms with E-state index in [4.69, 9.17) is 0 Å². The second-order valence-corrected chi connectivity index (χ2v) is 6.14. The molecule has 2 heteroatoms. The zero-order valence-electron chi connectivity index (χ0n) is 12.9. The summed E-state index contributed by atoms with van der Waals surface area (Å²) in [7, 11) is 0. The Morgan fingerprint density at radius 1 is 1.00 bits per heavy atom. The minimum Gasteiger partial charge on any atom is -0.507 e. The van der Waals surface area contributed by atoms with Gasteiger partial charge in [0.05, 0.1) is 0 Å². The van der Waals surface area contributed by atoms with E-state index in [2.05, 4.69) is 39.1 Å². The van der Waals surface area contributed by atoms with E-state index in [9.17, 15) is 5.11 Å². The van der Waals surface area contributed by atoms with Crippen LogP contribution in [0.25, 0.3) is 10.8 Å². The summed E-state index contributed by atoms with van der Waals surface area (Å²) in [4.78, 5) is 0. The van der Waals surface area contributed by atoms with E-state index < -0.39 is 0 Å². The van der Waals surface area contributed by atoms with Gasteiger partial charge >= 0.3 is 0 Å². The van der Waals surface area contributed by atoms with Gasteiger partial charge in [-0.1, -0.05) is 50.2 Å². The third kappa shape index (κ3) is 3.31. The Morgan fingerprint density at radius 2 is 1.70 bits per heavy atom. The van der Waals surface area contributed by atoms with Crippen LogP contribution in [-0.2, 0) is 0 Å². The number of fused-ring (bicyclic) bond motifs is 1. The molecule has 0 aliphatic carbocycles. The predicted molar refractivity (Wildman–Crippen MR) is 86.1 cm³/mol. The van der Waals surface area contributed by atoms with Crippen molar-refractivity contribution >= 4 is 10.8 Å². The van der Waals surface area contributed by atoms with E-state index >= 15 is 0 Å². The SMILES string of the molecule is CC(C)CC(C)NC(C)c1ccc2ccccc2c1O. The van der Waals surface area contributed by atoms with Crippen LogP contribution in [0.3, 0.4) is 0 Å². The first kappa shape index (κ1) is 14.9. The van der Waals surface area contributed by atoms with Gasteiger partial charge in [0.2, 0.25) is 0 Å². The van der Waals surface area contributed by atoms with Gasteiger partial charge in [0.15, 0.2) is 0 Å². The highest BCUT2D eigenvalue weighted by molar-refractivity contribution is 5.89. The van der Waals surface area contributed by atoms with Gasteiger partial charge in [0.1, 0.15) is 5.75 Å². The van der Waals surface area contributed by atoms with Crippen LogP contribution in [0.1, 0.15) is 45.7 Å². The average molecular weight is 271 g/mol. The highest BCUT2D eigenvalue weighted by Gasteiger charge is 2.15. The number of phenolic OH excluding ortho intramolecular Hbond substituents is 1. The molecule has 2 atom stereocenters. The first-order valence-electron chi connectivity index (χ1n) is 7.45. The number of hydrogen-bond donors (Lipinski definition) is 2. The molecule has 2 aromatic carbocycles. The molecule has 108 valence electrons. The minimum absolute atomic E-state index is 0.147. The highest BCUT2D eigenvalue weighted by Crippen LogP contribution is 2.32. The molecule has 0 amide bonds. The number of phenols is 1. The van der Waals surface area contributed by atoms with Crippen LogP contribution in [0.4, 0.5) is 0 Å². The average Bonchev–Trinajstić information content (AvgIpc) is 2.38. The fourth-order valence-electron chi connectivity index (χ4n) is 2.91. The lowest BCUT2D eigenvalue weighted by Gasteiger charge is -2.23. The van der Waals surface area contributed by atoms with Crippen molar-refractivity contribution in [3.63, 3.8) is 0 Å². The van der Waals surface area contributed by atoms with Crippen LogP contribution < -0.4 is 5.32 Å². The van der Waals surface area contributed by atoms with Gasteiger partial charge < -0.3 is 10.4 Å². The Kier molecular flexibility index (Phi) is 4.66. The first-order valence-corrected chi connectivity index (χ1v) is 7.45. The molecule has 0 fully saturated rings. The molecule has 0 heterocycles. The van der Waals surface area contributed by atoms with Crippen LogP contribution in [0.15, 0.2) is 36.4 Å². The monoisotopic (exact) mass is 271 g/mol. The van der Waals surface area contributed by atoms with Crippen LogP contribution in [0, 0.1) is 5.92 Å². The quantitative estimate of drug-likeness (QED) is 0.831. The number of rotatable bonds is 5. The zero-order chi connectivity index (χ0) is 14.7. The lowest BCUT2D eigenvalue weighted by Crippen LogP contribution is -2.30. The maximum Gasteiger partial charge on any atom is 0.128 e. The largest absolute Gasteiger partial charge is 0.507 e. The van der Waals surface area contributed by atoms with Crippen molar-refractivity contribution in [3.05, 3.63) is 42.0 Å². The summed E-state index contributed by atoms with van der Waals surface area (Å²) in [6.45, 7) is 8.78. The van der Waals surface area contributed by atoms with Crippen LogP contribution in [0.2, 0.25) is 0 Å². The van der Waals surface area contributed by atoms with E-state index in [0.717, 1.165) is 22.8 Å². The molecule has 2 aromatic rings. The maximum absolute atomic E-state index is 10.5. The molecule has 2 N–H and O–H groups in total. The Hall–Kier alpha value is -1.54. The van der Waals surface area contributed by atoms with Gasteiger partial charge in [-0.25, -0.2) is 0 Å². The molecule has 2 nitrogen and oxygen atoms in total. The molecule has 0 aliphatic heterocycles. The molecular weight excluding hydrogens is 246 g/mol. The third-order valence-electron chi connectivity index (χ3n) is 3.76. The number of hydrogen-bond acceptors (Lipinski definition) is 2. The summed E-state index contributed by atoms with van der Waals surface area (Å²) in [5.41, 5.74) is 0.972. The second-order valence-electron chi connectivity index (χ2n) is 6.14. The van der Waals surface area contributed by atoms with Crippen LogP contribution >= 0.6 is 0 Å². The number of nitrogens with one attached hydrogen (secondary N) is 1. The Morgan fingerprint density at radius 3 is 2.40 bits per heavy atom. The van der Waals surface area contributed by atoms with Gasteiger partial charge in [0.25, 0.3) is 0 Å². The zero-order valence-corrected chi connectivity index (χ0v) is 12.9. The topological polar surface area (TPSA) is 32.3 Å². The lowest BCUT2D eigenvalue weighted by atomic mass is 9.99. The maximum atomic E-state index is 10.5. The summed E-state index contributed by atoms with van der Waals surface area (Å²) in [6.07, 6.45) is 1.14. The molecule has 0 bridgehead atoms. The van der Waals surface area contributed by atoms with E-state index in [-0.39, 0.29) is 6.04 Å². The molecule has 2 unspecified atom stereocenters. The summed E-state index contributed by atoms with van der Waals surface area (Å²) < 4.78 is 0. The number of benzene rings is 2. The Balaban J connectivity index is 2.22. The van der Waals surface area contributed by atoms with Gasteiger partial charge in [0, 0.05) is 23.0 Å². The van der Waals surface area contributed by atoms with Crippen molar-refractivity contribution in [2.45, 2.75) is 46.2 Å². The van der Waals surface area contributed by atoms with E-state index in [0.29, 0.717) is 17.7 Å². The minimum atomic E-state index is 0.147. The van der Waals surface area contributed by atoms with Gasteiger partial charge in [-0.3, -0.25) is 0 Å². The molecule has 0 saturated carbocycles. The van der Waals surface area contributed by atoms with Gasteiger partial charge in [-0.05, 0) is 31.6 Å². The van der Waals surface area contributed by atoms with Crippen molar-refractivity contribution in [2.75, 3.05) is 0 Å². The summed E-state index contributed by atoms with van der Waals surface area (Å²) in [5.74, 6) is 1.08. The third-order valence-corrected chi connectivity index (χ3v) is 3.76. The molecule has 0 saturated heterocycles. The summed E-state index contributed by atoms with van der Waals surface area (Å²) in [5, 5.41) is 16.1. The van der Waals surface area contributed by atoms with Crippen molar-refractivity contribution in [1.82, 2.24) is 5.32 Å². The summed E-state index contributed by atoms with van der Waals surface area (Å²) in [6, 6.07) is 12.6. The molecule has 20 heavy (non-hydrogen) atoms. The smallest absolute Gasteiger partial charge is 0.128 e. The molecule has 2 rings (SSSR count). The van der Waals surface area contributed by atoms with Gasteiger partial charge in [-0.2, -0.15) is 0 Å². The summed E-state index contributed by atoms with van der Waals surface area (Å²) >= 11 is 0. The standard InChI is InChI=1S/C18H25NO/c1-12(2)11-13(3)19-14(4)16-10-9-15-7-5-6-8-17(15)18(16)20/h5-10,12-14,19-20H,11H2,1-4H3. The van der Waals surface area contributed by atoms with Gasteiger partial charge in [-0.15, -0.1) is 0 Å². The fourth-order valence-corrected chi connectivity index (χ4v) is 2.91. The van der Waals surface area contributed by atoms with Crippen LogP contribution in [0.5, 0.6) is 5.75 Å². The van der Waals surface area contributed by atoms with Crippen LogP contribution in [-0.4, -0.2) is 11.1 Å². The Labute approximate surface area is 121 Å². The molecule has 0 aliphatic rings. The predicted octanol–water partition coefficient (Wildman–Crippen LogP) is 4.63. The van der Waals surface area contributed by atoms with E-state index in [1.165, 1.54) is 0 Å². The Bertz CT molecular complexity index is 577. The van der Waals surface area contributed by atoms with Crippen molar-refractivity contribution in [1.29, 1.82) is 0 Å². The van der Waals surface area contributed by atoms with Crippen molar-refractivity contribution < 1.29 is 5.11 Å². The molecular formula is C18H25NO. The molecule has 0 spiro atoms. The normalized spacial score (nSPS) is 14.7. The van der Waals surface area contributed by atoms with Crippen molar-refractivity contribution in [2.24, 2.45) is 5.92 Å². The second kappa shape index (κ2) is 6.27. The molecule has 0 radical (unpaired) electrons. The fraction of sp³-hybridized carbons (Fsp3) is 0.444.